The third kappa shape index (κ3) is 6.22. The van der Waals surface area contributed by atoms with Crippen molar-refractivity contribution in [2.24, 2.45) is 0 Å². The maximum atomic E-state index is 13.3. The first-order chi connectivity index (χ1) is 21.2. The Bertz CT molecular complexity index is 1860. The van der Waals surface area contributed by atoms with Gasteiger partial charge in [0.2, 0.25) is 0 Å². The molecule has 1 fully saturated rings. The number of alkyl halides is 3. The number of ether oxygens (including phenoxy) is 3. The van der Waals surface area contributed by atoms with Gasteiger partial charge in [0.1, 0.15) is 18.2 Å². The third-order valence-electron chi connectivity index (χ3n) is 7.44. The maximum Gasteiger partial charge on any atom is 0.417 e. The number of amides is 1. The summed E-state index contributed by atoms with van der Waals surface area (Å²) in [7, 11) is 1.58. The summed E-state index contributed by atoms with van der Waals surface area (Å²) in [6, 6.07) is 19.0. The standard InChI is InChI=1S/C33H27ClF3N3O4/c1-42-30-17-25-28(18-31(30)43-19-40-13-2-3-14-40)38-12-11-29(25)44-22-8-9-23-20(15-22)5-4-6-24(23)32(41)39-21-7-10-27(34)26(16-21)33(35,36)37/h4-12,15-18H,2-3,13-14,19H2,1H3,(H,39,41). The second-order valence-electron chi connectivity index (χ2n) is 10.4. The molecule has 1 N–H and O–H groups in total. The number of fused-ring (bicyclic) bond motifs is 2. The number of rotatable bonds is 8. The molecule has 1 aromatic heterocycles. The highest BCUT2D eigenvalue weighted by Crippen LogP contribution is 2.39. The summed E-state index contributed by atoms with van der Waals surface area (Å²) < 4.78 is 57.8. The topological polar surface area (TPSA) is 72.9 Å². The fraction of sp³-hybridized carbons (Fsp3) is 0.212. The monoisotopic (exact) mass is 621 g/mol. The van der Waals surface area contributed by atoms with Gasteiger partial charge in [-0.15, -0.1) is 0 Å². The average molecular weight is 622 g/mol. The molecule has 226 valence electrons. The lowest BCUT2D eigenvalue weighted by Crippen LogP contribution is -2.24. The third-order valence-corrected chi connectivity index (χ3v) is 7.77. The Morgan fingerprint density at radius 3 is 2.55 bits per heavy atom. The summed E-state index contributed by atoms with van der Waals surface area (Å²) in [5.74, 6) is 1.67. The zero-order chi connectivity index (χ0) is 30.8. The Labute approximate surface area is 256 Å². The van der Waals surface area contributed by atoms with Crippen molar-refractivity contribution in [2.75, 3.05) is 32.2 Å². The van der Waals surface area contributed by atoms with Gasteiger partial charge in [-0.2, -0.15) is 13.2 Å². The van der Waals surface area contributed by atoms with Gasteiger partial charge in [0.05, 0.1) is 23.2 Å². The van der Waals surface area contributed by atoms with Gasteiger partial charge in [0.15, 0.2) is 11.5 Å². The molecule has 2 heterocycles. The number of carbonyl (C=O) groups is 1. The minimum Gasteiger partial charge on any atom is -0.493 e. The van der Waals surface area contributed by atoms with Crippen LogP contribution in [-0.4, -0.2) is 42.7 Å². The first-order valence-electron chi connectivity index (χ1n) is 13.9. The van der Waals surface area contributed by atoms with Crippen LogP contribution in [-0.2, 0) is 6.18 Å². The molecule has 0 bridgehead atoms. The van der Waals surface area contributed by atoms with Gasteiger partial charge in [-0.25, -0.2) is 0 Å². The number of pyridine rings is 1. The number of hydrogen-bond donors (Lipinski definition) is 1. The largest absolute Gasteiger partial charge is 0.493 e. The average Bonchev–Trinajstić information content (AvgIpc) is 3.53. The fourth-order valence-corrected chi connectivity index (χ4v) is 5.46. The number of benzene rings is 4. The van der Waals surface area contributed by atoms with Crippen LogP contribution in [0.4, 0.5) is 18.9 Å². The van der Waals surface area contributed by atoms with Crippen molar-refractivity contribution in [1.29, 1.82) is 0 Å². The van der Waals surface area contributed by atoms with Gasteiger partial charge >= 0.3 is 6.18 Å². The SMILES string of the molecule is COc1cc2c(Oc3ccc4c(C(=O)Nc5ccc(Cl)c(C(F)(F)F)c5)cccc4c3)ccnc2cc1OCN1CCCC1. The van der Waals surface area contributed by atoms with Crippen LogP contribution in [0.25, 0.3) is 21.7 Å². The second kappa shape index (κ2) is 12.2. The Morgan fingerprint density at radius 2 is 1.77 bits per heavy atom. The van der Waals surface area contributed by atoms with E-state index in [0.717, 1.165) is 30.6 Å². The predicted octanol–water partition coefficient (Wildman–Crippen LogP) is 8.55. The summed E-state index contributed by atoms with van der Waals surface area (Å²) in [6.07, 6.45) is -0.667. The fourth-order valence-electron chi connectivity index (χ4n) is 5.23. The van der Waals surface area contributed by atoms with Crippen molar-refractivity contribution in [3.05, 3.63) is 95.1 Å². The highest BCUT2D eigenvalue weighted by molar-refractivity contribution is 6.31. The molecule has 0 aliphatic carbocycles. The van der Waals surface area contributed by atoms with E-state index in [1.165, 1.54) is 18.9 Å². The number of nitrogens with one attached hydrogen (secondary N) is 1. The van der Waals surface area contributed by atoms with E-state index in [1.54, 1.807) is 49.7 Å². The number of methoxy groups -OCH3 is 1. The van der Waals surface area contributed by atoms with Crippen LogP contribution in [0.1, 0.15) is 28.8 Å². The van der Waals surface area contributed by atoms with Crippen LogP contribution >= 0.6 is 11.6 Å². The molecule has 1 saturated heterocycles. The van der Waals surface area contributed by atoms with E-state index in [2.05, 4.69) is 15.2 Å². The molecular weight excluding hydrogens is 595 g/mol. The number of nitrogens with zero attached hydrogens (tertiary/aromatic N) is 2. The molecule has 0 saturated carbocycles. The van der Waals surface area contributed by atoms with E-state index in [-0.39, 0.29) is 11.3 Å². The van der Waals surface area contributed by atoms with Crippen molar-refractivity contribution < 1.29 is 32.2 Å². The Kier molecular flexibility index (Phi) is 8.20. The molecular formula is C33H27ClF3N3O4. The summed E-state index contributed by atoms with van der Waals surface area (Å²) in [5, 5.41) is 4.13. The van der Waals surface area contributed by atoms with E-state index in [9.17, 15) is 18.0 Å². The summed E-state index contributed by atoms with van der Waals surface area (Å²) in [4.78, 5) is 19.9. The van der Waals surface area contributed by atoms with E-state index >= 15 is 0 Å². The molecule has 4 aromatic carbocycles. The first-order valence-corrected chi connectivity index (χ1v) is 14.3. The minimum atomic E-state index is -4.65. The molecule has 0 atom stereocenters. The molecule has 0 unspecified atom stereocenters. The van der Waals surface area contributed by atoms with Gasteiger partial charge in [-0.1, -0.05) is 23.7 Å². The zero-order valence-electron chi connectivity index (χ0n) is 23.6. The zero-order valence-corrected chi connectivity index (χ0v) is 24.3. The number of halogens is 4. The van der Waals surface area contributed by atoms with Gasteiger partial charge in [-0.05, 0) is 78.2 Å². The molecule has 1 amide bonds. The van der Waals surface area contributed by atoms with Crippen LogP contribution < -0.4 is 19.5 Å². The maximum absolute atomic E-state index is 13.3. The van der Waals surface area contributed by atoms with Crippen LogP contribution in [0, 0.1) is 0 Å². The van der Waals surface area contributed by atoms with Gasteiger partial charge in [0, 0.05) is 42.0 Å². The summed E-state index contributed by atoms with van der Waals surface area (Å²) in [5.41, 5.74) is -0.0782. The van der Waals surface area contributed by atoms with Crippen molar-refractivity contribution >= 4 is 44.9 Å². The van der Waals surface area contributed by atoms with E-state index in [4.69, 9.17) is 25.8 Å². The minimum absolute atomic E-state index is 0.0201. The molecule has 7 nitrogen and oxygen atoms in total. The summed E-state index contributed by atoms with van der Waals surface area (Å²) >= 11 is 5.71. The lowest BCUT2D eigenvalue weighted by atomic mass is 10.0. The molecule has 6 rings (SSSR count). The quantitative estimate of drug-likeness (QED) is 0.187. The number of hydrogen-bond acceptors (Lipinski definition) is 6. The lowest BCUT2D eigenvalue weighted by Gasteiger charge is -2.18. The number of likely N-dealkylation sites (tertiary alicyclic amines) is 1. The number of carbonyl (C=O) groups excluding carboxylic acids is 1. The van der Waals surface area contributed by atoms with E-state index in [0.29, 0.717) is 46.0 Å². The highest BCUT2D eigenvalue weighted by Gasteiger charge is 2.33. The molecule has 5 aromatic rings. The predicted molar refractivity (Wildman–Crippen MR) is 163 cm³/mol. The molecule has 11 heteroatoms. The van der Waals surface area contributed by atoms with Crippen LogP contribution in [0.3, 0.4) is 0 Å². The van der Waals surface area contributed by atoms with E-state index in [1.807, 2.05) is 18.2 Å². The smallest absolute Gasteiger partial charge is 0.417 e. The molecule has 0 radical (unpaired) electrons. The molecule has 1 aliphatic heterocycles. The molecule has 0 spiro atoms. The lowest BCUT2D eigenvalue weighted by molar-refractivity contribution is -0.137. The van der Waals surface area contributed by atoms with E-state index < -0.39 is 22.7 Å². The van der Waals surface area contributed by atoms with Crippen LogP contribution in [0.2, 0.25) is 5.02 Å². The van der Waals surface area contributed by atoms with Crippen molar-refractivity contribution in [2.45, 2.75) is 19.0 Å². The first kappa shape index (κ1) is 29.5. The van der Waals surface area contributed by atoms with Gasteiger partial charge in [-0.3, -0.25) is 14.7 Å². The van der Waals surface area contributed by atoms with Crippen molar-refractivity contribution in [1.82, 2.24) is 9.88 Å². The molecule has 44 heavy (non-hydrogen) atoms. The Balaban J connectivity index is 1.24. The summed E-state index contributed by atoms with van der Waals surface area (Å²) in [6.45, 7) is 2.49. The van der Waals surface area contributed by atoms with Gasteiger partial charge in [0.25, 0.3) is 5.91 Å². The van der Waals surface area contributed by atoms with Crippen molar-refractivity contribution in [3.63, 3.8) is 0 Å². The highest BCUT2D eigenvalue weighted by atomic mass is 35.5. The Morgan fingerprint density at radius 1 is 0.955 bits per heavy atom. The number of anilines is 1. The number of aromatic nitrogens is 1. The normalized spacial score (nSPS) is 13.8. The van der Waals surface area contributed by atoms with Crippen LogP contribution in [0.15, 0.2) is 79.0 Å². The van der Waals surface area contributed by atoms with Crippen LogP contribution in [0.5, 0.6) is 23.0 Å². The molecule has 1 aliphatic rings. The second-order valence-corrected chi connectivity index (χ2v) is 10.8. The Hall–Kier alpha value is -4.54. The van der Waals surface area contributed by atoms with Gasteiger partial charge < -0.3 is 19.5 Å². The van der Waals surface area contributed by atoms with Crippen molar-refractivity contribution in [3.8, 4) is 23.0 Å².